The normalized spacial score (nSPS) is 19.3. The van der Waals surface area contributed by atoms with Gasteiger partial charge >= 0.3 is 0 Å². The number of hydrogen-bond acceptors (Lipinski definition) is 5. The number of nitrogens with zero attached hydrogens (tertiary/aromatic N) is 3. The zero-order valence-electron chi connectivity index (χ0n) is 12.0. The molecule has 0 spiro atoms. The third kappa shape index (κ3) is 3.01. The second-order valence-corrected chi connectivity index (χ2v) is 4.99. The molecule has 1 unspecified atom stereocenters. The van der Waals surface area contributed by atoms with Crippen LogP contribution < -0.4 is 10.6 Å². The molecule has 1 aromatic heterocycles. The van der Waals surface area contributed by atoms with Crippen LogP contribution in [0.4, 0.5) is 5.82 Å². The quantitative estimate of drug-likeness (QED) is 0.369. The molecule has 110 valence electrons. The predicted octanol–water partition coefficient (Wildman–Crippen LogP) is 1.49. The van der Waals surface area contributed by atoms with Gasteiger partial charge in [-0.3, -0.25) is 0 Å². The van der Waals surface area contributed by atoms with Crippen molar-refractivity contribution in [1.29, 1.82) is 0 Å². The van der Waals surface area contributed by atoms with E-state index in [1.165, 1.54) is 0 Å². The Bertz CT molecular complexity index is 484. The molecule has 0 aromatic carbocycles. The van der Waals surface area contributed by atoms with Crippen LogP contribution in [0.2, 0.25) is 0 Å². The number of likely N-dealkylation sites (N-methyl/N-ethyl adjacent to an activating group) is 1. The van der Waals surface area contributed by atoms with E-state index in [9.17, 15) is 0 Å². The zero-order chi connectivity index (χ0) is 14.5. The maximum absolute atomic E-state index is 8.97. The Balaban J connectivity index is 2.30. The summed E-state index contributed by atoms with van der Waals surface area (Å²) in [6.07, 6.45) is 4.16. The van der Waals surface area contributed by atoms with Gasteiger partial charge in [0.1, 0.15) is 5.82 Å². The number of aryl methyl sites for hydroxylation is 1. The molecule has 2 heterocycles. The molecular weight excluding hydrogens is 256 g/mol. The maximum atomic E-state index is 8.97. The van der Waals surface area contributed by atoms with Crippen LogP contribution in [0.1, 0.15) is 30.9 Å². The lowest BCUT2D eigenvalue weighted by Gasteiger charge is -2.27. The van der Waals surface area contributed by atoms with Crippen LogP contribution in [0.5, 0.6) is 0 Å². The standard InChI is InChI=1S/C14H22N4O2/c1-3-18(9-11-5-4-8-20-11)14-12(13(15)17-19)10(2)6-7-16-14/h6-7,11,19H,3-5,8-9H2,1-2H3,(H2,15,17). The summed E-state index contributed by atoms with van der Waals surface area (Å²) in [7, 11) is 0. The van der Waals surface area contributed by atoms with Gasteiger partial charge in [0.25, 0.3) is 0 Å². The van der Waals surface area contributed by atoms with Gasteiger partial charge in [-0.15, -0.1) is 0 Å². The zero-order valence-corrected chi connectivity index (χ0v) is 12.0. The van der Waals surface area contributed by atoms with Crippen molar-refractivity contribution < 1.29 is 9.94 Å². The van der Waals surface area contributed by atoms with Crippen LogP contribution in [0.25, 0.3) is 0 Å². The minimum absolute atomic E-state index is 0.0939. The Morgan fingerprint density at radius 3 is 3.05 bits per heavy atom. The number of nitrogens with two attached hydrogens (primary N) is 1. The molecule has 1 aliphatic rings. The molecule has 0 bridgehead atoms. The third-order valence-corrected chi connectivity index (χ3v) is 3.63. The fraction of sp³-hybridized carbons (Fsp3) is 0.571. The molecule has 1 atom stereocenters. The molecule has 6 heteroatoms. The lowest BCUT2D eigenvalue weighted by molar-refractivity contribution is 0.115. The number of amidine groups is 1. The van der Waals surface area contributed by atoms with Gasteiger partial charge in [-0.05, 0) is 38.3 Å². The van der Waals surface area contributed by atoms with E-state index in [-0.39, 0.29) is 11.9 Å². The number of hydrogen-bond donors (Lipinski definition) is 2. The summed E-state index contributed by atoms with van der Waals surface area (Å²) < 4.78 is 5.68. The van der Waals surface area contributed by atoms with E-state index in [1.54, 1.807) is 6.20 Å². The van der Waals surface area contributed by atoms with E-state index in [1.807, 2.05) is 13.0 Å². The Hall–Kier alpha value is -1.82. The van der Waals surface area contributed by atoms with E-state index in [0.717, 1.165) is 43.9 Å². The van der Waals surface area contributed by atoms with Gasteiger partial charge in [0, 0.05) is 25.9 Å². The highest BCUT2D eigenvalue weighted by atomic mass is 16.5. The van der Waals surface area contributed by atoms with E-state index >= 15 is 0 Å². The number of anilines is 1. The molecule has 0 amide bonds. The number of ether oxygens (including phenoxy) is 1. The van der Waals surface area contributed by atoms with Crippen molar-refractivity contribution in [3.63, 3.8) is 0 Å². The van der Waals surface area contributed by atoms with Gasteiger partial charge < -0.3 is 20.6 Å². The molecule has 20 heavy (non-hydrogen) atoms. The smallest absolute Gasteiger partial charge is 0.174 e. The van der Waals surface area contributed by atoms with Crippen LogP contribution >= 0.6 is 0 Å². The minimum atomic E-state index is 0.0939. The van der Waals surface area contributed by atoms with Gasteiger partial charge in [-0.25, -0.2) is 4.98 Å². The van der Waals surface area contributed by atoms with Crippen molar-refractivity contribution in [2.24, 2.45) is 10.9 Å². The van der Waals surface area contributed by atoms with Crippen LogP contribution in [0.15, 0.2) is 17.4 Å². The van der Waals surface area contributed by atoms with Crippen molar-refractivity contribution in [2.45, 2.75) is 32.8 Å². The minimum Gasteiger partial charge on any atom is -0.409 e. The molecule has 0 aliphatic carbocycles. The second kappa shape index (κ2) is 6.56. The summed E-state index contributed by atoms with van der Waals surface area (Å²) in [6, 6.07) is 1.86. The van der Waals surface area contributed by atoms with Crippen LogP contribution in [-0.2, 0) is 4.74 Å². The Morgan fingerprint density at radius 2 is 2.45 bits per heavy atom. The van der Waals surface area contributed by atoms with E-state index in [0.29, 0.717) is 5.56 Å². The summed E-state index contributed by atoms with van der Waals surface area (Å²) >= 11 is 0. The number of oxime groups is 1. The van der Waals surface area contributed by atoms with Crippen molar-refractivity contribution in [3.05, 3.63) is 23.4 Å². The van der Waals surface area contributed by atoms with Crippen molar-refractivity contribution >= 4 is 11.7 Å². The Kier molecular flexibility index (Phi) is 4.79. The first-order valence-electron chi connectivity index (χ1n) is 6.97. The number of rotatable bonds is 5. The van der Waals surface area contributed by atoms with Crippen molar-refractivity contribution in [3.8, 4) is 0 Å². The van der Waals surface area contributed by atoms with E-state index in [4.69, 9.17) is 15.7 Å². The topological polar surface area (TPSA) is 84.0 Å². The Labute approximate surface area is 119 Å². The molecule has 3 N–H and O–H groups in total. The molecule has 2 rings (SSSR count). The SMILES string of the molecule is CCN(CC1CCCO1)c1nccc(C)c1/C(N)=N/O. The first kappa shape index (κ1) is 14.6. The second-order valence-electron chi connectivity index (χ2n) is 4.99. The molecule has 1 fully saturated rings. The van der Waals surface area contributed by atoms with E-state index in [2.05, 4.69) is 22.0 Å². The van der Waals surface area contributed by atoms with Gasteiger partial charge in [-0.2, -0.15) is 0 Å². The summed E-state index contributed by atoms with van der Waals surface area (Å²) in [5.41, 5.74) is 7.43. The average Bonchev–Trinajstić information content (AvgIpc) is 2.96. The van der Waals surface area contributed by atoms with E-state index < -0.39 is 0 Å². The first-order valence-corrected chi connectivity index (χ1v) is 6.97. The fourth-order valence-electron chi connectivity index (χ4n) is 2.55. The molecule has 1 aliphatic heterocycles. The highest BCUT2D eigenvalue weighted by molar-refractivity contribution is 6.02. The van der Waals surface area contributed by atoms with Gasteiger partial charge in [0.15, 0.2) is 5.84 Å². The monoisotopic (exact) mass is 278 g/mol. The first-order chi connectivity index (χ1) is 9.67. The average molecular weight is 278 g/mol. The summed E-state index contributed by atoms with van der Waals surface area (Å²) in [5, 5.41) is 12.1. The summed E-state index contributed by atoms with van der Waals surface area (Å²) in [5.74, 6) is 0.842. The largest absolute Gasteiger partial charge is 0.409 e. The number of aromatic nitrogens is 1. The van der Waals surface area contributed by atoms with Gasteiger partial charge in [0.05, 0.1) is 11.7 Å². The number of pyridine rings is 1. The van der Waals surface area contributed by atoms with Crippen LogP contribution in [-0.4, -0.2) is 41.8 Å². The highest BCUT2D eigenvalue weighted by Crippen LogP contribution is 2.23. The summed E-state index contributed by atoms with van der Waals surface area (Å²) in [4.78, 5) is 6.54. The lowest BCUT2D eigenvalue weighted by Crippen LogP contribution is -2.34. The van der Waals surface area contributed by atoms with Gasteiger partial charge in [-0.1, -0.05) is 5.16 Å². The van der Waals surface area contributed by atoms with Crippen molar-refractivity contribution in [1.82, 2.24) is 4.98 Å². The lowest BCUT2D eigenvalue weighted by atomic mass is 10.1. The molecule has 1 aromatic rings. The summed E-state index contributed by atoms with van der Waals surface area (Å²) in [6.45, 7) is 6.39. The molecule has 6 nitrogen and oxygen atoms in total. The van der Waals surface area contributed by atoms with Crippen LogP contribution in [0.3, 0.4) is 0 Å². The highest BCUT2D eigenvalue weighted by Gasteiger charge is 2.22. The van der Waals surface area contributed by atoms with Gasteiger partial charge in [0.2, 0.25) is 0 Å². The molecule has 0 radical (unpaired) electrons. The predicted molar refractivity (Wildman–Crippen MR) is 78.3 cm³/mol. The maximum Gasteiger partial charge on any atom is 0.174 e. The third-order valence-electron chi connectivity index (χ3n) is 3.63. The Morgan fingerprint density at radius 1 is 1.65 bits per heavy atom. The fourth-order valence-corrected chi connectivity index (χ4v) is 2.55. The molecular formula is C14H22N4O2. The van der Waals surface area contributed by atoms with Crippen LogP contribution in [0, 0.1) is 6.92 Å². The van der Waals surface area contributed by atoms with Crippen molar-refractivity contribution in [2.75, 3.05) is 24.6 Å². The molecule has 1 saturated heterocycles. The molecule has 0 saturated carbocycles.